The highest BCUT2D eigenvalue weighted by Gasteiger charge is 2.43. The Kier molecular flexibility index (Phi) is 1.80. The average molecular weight is 144 g/mol. The Morgan fingerprint density at radius 3 is 2.40 bits per heavy atom. The molecule has 10 heavy (non-hydrogen) atoms. The molecule has 0 saturated heterocycles. The summed E-state index contributed by atoms with van der Waals surface area (Å²) in [5, 5.41) is 0. The molecule has 0 bridgehead atoms. The number of Topliss-reactive ketones (excluding diaryl/α,β-unsaturated/α-hetero) is 1. The predicted molar refractivity (Wildman–Crippen MR) is 37.5 cm³/mol. The molecule has 0 aliphatic heterocycles. The number of alkyl halides is 1. The van der Waals surface area contributed by atoms with Crippen molar-refractivity contribution in [1.82, 2.24) is 0 Å². The molecule has 1 fully saturated rings. The van der Waals surface area contributed by atoms with Crippen LogP contribution in [0.15, 0.2) is 0 Å². The lowest BCUT2D eigenvalue weighted by molar-refractivity contribution is -0.135. The summed E-state index contributed by atoms with van der Waals surface area (Å²) >= 11 is 0. The molecule has 0 N–H and O–H groups in total. The van der Waals surface area contributed by atoms with Crippen LogP contribution in [0.5, 0.6) is 0 Å². The standard InChI is InChI=1S/C8H13FO/c1-6(2)3-8(9)4-7(10)5-8/h6H,3-5H2,1-2H3. The lowest BCUT2D eigenvalue weighted by Crippen LogP contribution is -2.41. The Labute approximate surface area is 60.6 Å². The summed E-state index contributed by atoms with van der Waals surface area (Å²) < 4.78 is 13.2. The van der Waals surface area contributed by atoms with Crippen LogP contribution >= 0.6 is 0 Å². The van der Waals surface area contributed by atoms with E-state index in [1.54, 1.807) is 0 Å². The quantitative estimate of drug-likeness (QED) is 0.580. The summed E-state index contributed by atoms with van der Waals surface area (Å²) in [5.41, 5.74) is -1.13. The molecular formula is C8H13FO. The number of carbonyl (C=O) groups excluding carboxylic acids is 1. The van der Waals surface area contributed by atoms with Gasteiger partial charge in [0, 0.05) is 12.8 Å². The minimum absolute atomic E-state index is 0.0724. The van der Waals surface area contributed by atoms with Crippen molar-refractivity contribution < 1.29 is 9.18 Å². The zero-order valence-corrected chi connectivity index (χ0v) is 6.48. The second kappa shape index (κ2) is 2.33. The summed E-state index contributed by atoms with van der Waals surface area (Å²) in [6.45, 7) is 3.95. The molecule has 0 radical (unpaired) electrons. The summed E-state index contributed by atoms with van der Waals surface area (Å²) in [6, 6.07) is 0. The van der Waals surface area contributed by atoms with Crippen molar-refractivity contribution in [3.8, 4) is 0 Å². The molecule has 1 aliphatic carbocycles. The predicted octanol–water partition coefficient (Wildman–Crippen LogP) is 2.10. The number of hydrogen-bond acceptors (Lipinski definition) is 1. The Bertz CT molecular complexity index is 143. The van der Waals surface area contributed by atoms with Crippen LogP contribution in [0.4, 0.5) is 4.39 Å². The van der Waals surface area contributed by atoms with Crippen molar-refractivity contribution in [2.75, 3.05) is 0 Å². The molecule has 1 nitrogen and oxygen atoms in total. The van der Waals surface area contributed by atoms with Crippen molar-refractivity contribution in [3.05, 3.63) is 0 Å². The largest absolute Gasteiger partial charge is 0.299 e. The molecule has 0 unspecified atom stereocenters. The number of carbonyl (C=O) groups is 1. The first-order valence-electron chi connectivity index (χ1n) is 3.72. The van der Waals surface area contributed by atoms with Gasteiger partial charge in [0.2, 0.25) is 0 Å². The van der Waals surface area contributed by atoms with Gasteiger partial charge in [-0.25, -0.2) is 4.39 Å². The molecule has 1 rings (SSSR count). The maximum Gasteiger partial charge on any atom is 0.139 e. The van der Waals surface area contributed by atoms with Gasteiger partial charge in [0.05, 0.1) is 0 Å². The van der Waals surface area contributed by atoms with Gasteiger partial charge >= 0.3 is 0 Å². The maximum atomic E-state index is 13.2. The summed E-state index contributed by atoms with van der Waals surface area (Å²) in [6.07, 6.45) is 0.856. The van der Waals surface area contributed by atoms with E-state index in [0.29, 0.717) is 12.3 Å². The van der Waals surface area contributed by atoms with Crippen LogP contribution in [0.2, 0.25) is 0 Å². The molecular weight excluding hydrogens is 131 g/mol. The van der Waals surface area contributed by atoms with Crippen molar-refractivity contribution >= 4 is 5.78 Å². The number of rotatable bonds is 2. The maximum absolute atomic E-state index is 13.2. The molecule has 0 heterocycles. The van der Waals surface area contributed by atoms with Crippen molar-refractivity contribution in [2.45, 2.75) is 38.8 Å². The van der Waals surface area contributed by atoms with Gasteiger partial charge in [0.15, 0.2) is 0 Å². The Morgan fingerprint density at radius 1 is 1.60 bits per heavy atom. The fourth-order valence-electron chi connectivity index (χ4n) is 1.53. The molecule has 0 atom stereocenters. The minimum Gasteiger partial charge on any atom is -0.299 e. The van der Waals surface area contributed by atoms with E-state index in [4.69, 9.17) is 0 Å². The molecule has 0 spiro atoms. The van der Waals surface area contributed by atoms with Crippen LogP contribution in [0, 0.1) is 5.92 Å². The highest BCUT2D eigenvalue weighted by Crippen LogP contribution is 2.38. The van der Waals surface area contributed by atoms with E-state index < -0.39 is 5.67 Å². The van der Waals surface area contributed by atoms with Gasteiger partial charge in [0.25, 0.3) is 0 Å². The SMILES string of the molecule is CC(C)CC1(F)CC(=O)C1. The molecule has 0 amide bonds. The van der Waals surface area contributed by atoms with Gasteiger partial charge in [0.1, 0.15) is 11.5 Å². The van der Waals surface area contributed by atoms with E-state index in [-0.39, 0.29) is 18.6 Å². The Morgan fingerprint density at radius 2 is 2.10 bits per heavy atom. The number of ketones is 1. The van der Waals surface area contributed by atoms with Crippen LogP contribution in [-0.4, -0.2) is 11.5 Å². The lowest BCUT2D eigenvalue weighted by atomic mass is 9.76. The zero-order valence-electron chi connectivity index (χ0n) is 6.48. The first-order chi connectivity index (χ1) is 4.52. The number of hydrogen-bond donors (Lipinski definition) is 0. The fourth-order valence-corrected chi connectivity index (χ4v) is 1.53. The van der Waals surface area contributed by atoms with Crippen LogP contribution < -0.4 is 0 Å². The van der Waals surface area contributed by atoms with E-state index in [1.807, 2.05) is 13.8 Å². The van der Waals surface area contributed by atoms with Crippen LogP contribution in [0.1, 0.15) is 33.1 Å². The Balaban J connectivity index is 2.34. The van der Waals surface area contributed by atoms with Crippen LogP contribution in [0.25, 0.3) is 0 Å². The molecule has 0 aromatic carbocycles. The van der Waals surface area contributed by atoms with Crippen LogP contribution in [0.3, 0.4) is 0 Å². The van der Waals surface area contributed by atoms with Crippen molar-refractivity contribution in [3.63, 3.8) is 0 Å². The van der Waals surface area contributed by atoms with E-state index in [2.05, 4.69) is 0 Å². The zero-order chi connectivity index (χ0) is 7.78. The van der Waals surface area contributed by atoms with Crippen LogP contribution in [-0.2, 0) is 4.79 Å². The van der Waals surface area contributed by atoms with E-state index in [0.717, 1.165) is 0 Å². The van der Waals surface area contributed by atoms with Gasteiger partial charge in [-0.15, -0.1) is 0 Å². The summed E-state index contributed by atoms with van der Waals surface area (Å²) in [4.78, 5) is 10.5. The van der Waals surface area contributed by atoms with E-state index in [9.17, 15) is 9.18 Å². The number of halogens is 1. The van der Waals surface area contributed by atoms with Gasteiger partial charge in [-0.2, -0.15) is 0 Å². The second-order valence-electron chi connectivity index (χ2n) is 3.64. The minimum atomic E-state index is -1.13. The normalized spacial score (nSPS) is 23.0. The summed E-state index contributed by atoms with van der Waals surface area (Å²) in [5.74, 6) is 0.432. The van der Waals surface area contributed by atoms with E-state index in [1.165, 1.54) is 0 Å². The fraction of sp³-hybridized carbons (Fsp3) is 0.875. The first kappa shape index (κ1) is 7.70. The van der Waals surface area contributed by atoms with Gasteiger partial charge in [-0.3, -0.25) is 4.79 Å². The molecule has 1 aliphatic rings. The van der Waals surface area contributed by atoms with E-state index >= 15 is 0 Å². The highest BCUT2D eigenvalue weighted by atomic mass is 19.1. The second-order valence-corrected chi connectivity index (χ2v) is 3.64. The molecule has 1 saturated carbocycles. The molecule has 0 aromatic rings. The average Bonchev–Trinajstić information content (AvgIpc) is 1.57. The lowest BCUT2D eigenvalue weighted by Gasteiger charge is -2.33. The van der Waals surface area contributed by atoms with Crippen molar-refractivity contribution in [2.24, 2.45) is 5.92 Å². The van der Waals surface area contributed by atoms with Gasteiger partial charge < -0.3 is 0 Å². The summed E-state index contributed by atoms with van der Waals surface area (Å²) in [7, 11) is 0. The molecule has 2 heteroatoms. The first-order valence-corrected chi connectivity index (χ1v) is 3.72. The smallest absolute Gasteiger partial charge is 0.139 e. The third kappa shape index (κ3) is 1.55. The van der Waals surface area contributed by atoms with Gasteiger partial charge in [-0.05, 0) is 12.3 Å². The molecule has 0 aromatic heterocycles. The third-order valence-corrected chi connectivity index (χ3v) is 1.80. The van der Waals surface area contributed by atoms with Crippen molar-refractivity contribution in [1.29, 1.82) is 0 Å². The third-order valence-electron chi connectivity index (χ3n) is 1.80. The Hall–Kier alpha value is -0.400. The topological polar surface area (TPSA) is 17.1 Å². The van der Waals surface area contributed by atoms with Gasteiger partial charge in [-0.1, -0.05) is 13.8 Å². The molecule has 58 valence electrons. The monoisotopic (exact) mass is 144 g/mol. The highest BCUT2D eigenvalue weighted by molar-refractivity contribution is 5.87.